The molecule has 0 spiro atoms. The van der Waals surface area contributed by atoms with Crippen molar-refractivity contribution in [2.45, 2.75) is 161 Å². The van der Waals surface area contributed by atoms with Crippen LogP contribution in [0, 0.1) is 0 Å². The summed E-state index contributed by atoms with van der Waals surface area (Å²) in [6, 6.07) is 21.6. The van der Waals surface area contributed by atoms with E-state index in [9.17, 15) is 0 Å². The summed E-state index contributed by atoms with van der Waals surface area (Å²) < 4.78 is 14.2. The molecule has 0 heterocycles. The highest BCUT2D eigenvalue weighted by atomic mass is 28.4. The number of benzene rings is 2. The highest BCUT2D eigenvalue weighted by molar-refractivity contribution is 6.99. The summed E-state index contributed by atoms with van der Waals surface area (Å²) in [5.74, 6) is 0. The zero-order valence-corrected chi connectivity index (χ0v) is 32.7. The molecule has 0 aliphatic rings. The first kappa shape index (κ1) is 39.7. The average Bonchev–Trinajstić information content (AvgIpc) is 2.99. The van der Waals surface area contributed by atoms with Crippen LogP contribution in [0.4, 0.5) is 0 Å². The van der Waals surface area contributed by atoms with E-state index in [4.69, 9.17) is 14.6 Å². The van der Waals surface area contributed by atoms with E-state index >= 15 is 0 Å². The van der Waals surface area contributed by atoms with Gasteiger partial charge in [-0.05, 0) is 46.4 Å². The van der Waals surface area contributed by atoms with Gasteiger partial charge in [0.2, 0.25) is 0 Å². The smallest absolute Gasteiger partial charge is 0.261 e. The van der Waals surface area contributed by atoms with E-state index in [-0.39, 0.29) is 22.2 Å². The summed E-state index contributed by atoms with van der Waals surface area (Å²) in [4.78, 5) is 0. The molecule has 0 amide bonds. The van der Waals surface area contributed by atoms with E-state index in [1.54, 1.807) is 0 Å². The molecular weight excluding hydrogens is 583 g/mol. The molecule has 0 unspecified atom stereocenters. The largest absolute Gasteiger partial charge is 0.415 e. The maximum Gasteiger partial charge on any atom is 0.261 e. The van der Waals surface area contributed by atoms with Crippen molar-refractivity contribution >= 4 is 27.0 Å². The molecule has 2 rings (SSSR count). The van der Waals surface area contributed by atoms with Gasteiger partial charge in [0.15, 0.2) is 8.32 Å². The van der Waals surface area contributed by atoms with Crippen molar-refractivity contribution in [1.82, 2.24) is 0 Å². The van der Waals surface area contributed by atoms with Crippen molar-refractivity contribution in [2.24, 2.45) is 5.73 Å². The van der Waals surface area contributed by atoms with Crippen molar-refractivity contribution < 1.29 is 8.85 Å². The van der Waals surface area contributed by atoms with Gasteiger partial charge in [-0.1, -0.05) is 185 Å². The van der Waals surface area contributed by atoms with Crippen LogP contribution in [-0.4, -0.2) is 35.4 Å². The fraction of sp³-hybridized carbons (Fsp3) is 0.650. The van der Waals surface area contributed by atoms with Gasteiger partial charge in [-0.2, -0.15) is 0 Å². The van der Waals surface area contributed by atoms with Gasteiger partial charge in [0.25, 0.3) is 8.32 Å². The van der Waals surface area contributed by atoms with E-state index in [1.807, 2.05) is 0 Å². The first-order valence-electron chi connectivity index (χ1n) is 18.1. The Bertz CT molecular complexity index is 1030. The molecule has 5 heteroatoms. The second kappa shape index (κ2) is 19.3. The van der Waals surface area contributed by atoms with Gasteiger partial charge < -0.3 is 14.6 Å². The highest BCUT2D eigenvalue weighted by Crippen LogP contribution is 2.39. The van der Waals surface area contributed by atoms with Gasteiger partial charge in [-0.15, -0.1) is 0 Å². The first-order valence-corrected chi connectivity index (χ1v) is 22.9. The molecule has 2 atom stereocenters. The summed E-state index contributed by atoms with van der Waals surface area (Å²) in [7, 11) is -4.72. The molecule has 0 aliphatic heterocycles. The van der Waals surface area contributed by atoms with Crippen LogP contribution < -0.4 is 16.1 Å². The molecule has 2 aromatic rings. The van der Waals surface area contributed by atoms with Gasteiger partial charge in [0.1, 0.15) is 0 Å². The number of hydrogen-bond acceptors (Lipinski definition) is 3. The van der Waals surface area contributed by atoms with Crippen molar-refractivity contribution in [1.29, 1.82) is 0 Å². The Balaban J connectivity index is 2.22. The van der Waals surface area contributed by atoms with Crippen LogP contribution in [0.3, 0.4) is 0 Å². The lowest BCUT2D eigenvalue weighted by atomic mass is 10.0. The van der Waals surface area contributed by atoms with Crippen molar-refractivity contribution in [3.63, 3.8) is 0 Å². The number of nitrogens with two attached hydrogens (primary N) is 1. The van der Waals surface area contributed by atoms with E-state index in [0.717, 1.165) is 6.42 Å². The minimum atomic E-state index is -2.77. The summed E-state index contributed by atoms with van der Waals surface area (Å²) >= 11 is 0. The lowest BCUT2D eigenvalue weighted by Crippen LogP contribution is -2.69. The van der Waals surface area contributed by atoms with Gasteiger partial charge in [0.05, 0.1) is 18.8 Å². The fourth-order valence-electron chi connectivity index (χ4n) is 5.94. The third kappa shape index (κ3) is 12.6. The lowest BCUT2D eigenvalue weighted by molar-refractivity contribution is 0.155. The summed E-state index contributed by atoms with van der Waals surface area (Å²) in [6.07, 6.45) is 20.4. The molecular formula is C40H69NO2Si2. The molecule has 0 fully saturated rings. The van der Waals surface area contributed by atoms with Gasteiger partial charge in [-0.25, -0.2) is 0 Å². The van der Waals surface area contributed by atoms with Crippen LogP contribution >= 0.6 is 0 Å². The Morgan fingerprint density at radius 2 is 1.11 bits per heavy atom. The molecule has 0 saturated heterocycles. The normalized spacial score (nSPS) is 14.6. The predicted octanol–water partition coefficient (Wildman–Crippen LogP) is 10.5. The van der Waals surface area contributed by atoms with Crippen LogP contribution in [-0.2, 0) is 8.85 Å². The molecule has 2 aromatic carbocycles. The number of allylic oxidation sites excluding steroid dienone is 1. The highest BCUT2D eigenvalue weighted by Gasteiger charge is 2.52. The van der Waals surface area contributed by atoms with Crippen LogP contribution in [0.15, 0.2) is 72.8 Å². The van der Waals surface area contributed by atoms with Gasteiger partial charge in [-0.3, -0.25) is 0 Å². The molecule has 0 aliphatic carbocycles. The molecule has 2 N–H and O–H groups in total. The minimum absolute atomic E-state index is 0.113. The Hall–Kier alpha value is -1.51. The number of unbranched alkanes of at least 4 members (excludes halogenated alkanes) is 11. The molecule has 3 nitrogen and oxygen atoms in total. The SMILES string of the molecule is CCCCCCCCCCCCC/C=C/[C@H](O[Si](c1ccccc1)(c1ccccc1)C(C)(C)C)[C@@H](N)CO[Si](C)(C)C(C)(C)C. The van der Waals surface area contributed by atoms with E-state index < -0.39 is 16.6 Å². The van der Waals surface area contributed by atoms with E-state index in [1.165, 1.54) is 81.0 Å². The molecule has 0 aromatic heterocycles. The van der Waals surface area contributed by atoms with Crippen LogP contribution in [0.5, 0.6) is 0 Å². The number of hydrogen-bond donors (Lipinski definition) is 1. The van der Waals surface area contributed by atoms with Crippen molar-refractivity contribution in [2.75, 3.05) is 6.61 Å². The second-order valence-electron chi connectivity index (χ2n) is 15.7. The summed E-state index contributed by atoms with van der Waals surface area (Å²) in [5.41, 5.74) is 7.07. The zero-order chi connectivity index (χ0) is 33.4. The first-order chi connectivity index (χ1) is 21.3. The molecule has 254 valence electrons. The second-order valence-corrected chi connectivity index (χ2v) is 24.8. The monoisotopic (exact) mass is 651 g/mol. The lowest BCUT2D eigenvalue weighted by Gasteiger charge is -2.46. The Kier molecular flexibility index (Phi) is 17.1. The maximum absolute atomic E-state index is 7.56. The summed E-state index contributed by atoms with van der Waals surface area (Å²) in [6.45, 7) is 21.3. The van der Waals surface area contributed by atoms with Crippen molar-refractivity contribution in [3.8, 4) is 0 Å². The Morgan fingerprint density at radius 1 is 0.667 bits per heavy atom. The molecule has 0 bridgehead atoms. The average molecular weight is 652 g/mol. The van der Waals surface area contributed by atoms with Gasteiger partial charge >= 0.3 is 0 Å². The number of rotatable bonds is 21. The standard InChI is InChI=1S/C40H69NO2Si2/c1-10-11-12-13-14-15-16-17-18-19-20-21-28-33-38(37(41)34-42-44(8,9)39(2,3)4)43-45(40(5,6)7,35-29-24-22-25-30-35)36-31-26-23-27-32-36/h22-33,37-38H,10-21,34,41H2,1-9H3/b33-28+/t37-,38-/m0/s1. The van der Waals surface area contributed by atoms with Crippen LogP contribution in [0.1, 0.15) is 126 Å². The Morgan fingerprint density at radius 3 is 1.53 bits per heavy atom. The summed E-state index contributed by atoms with van der Waals surface area (Å²) in [5, 5.41) is 2.58. The Labute approximate surface area is 281 Å². The van der Waals surface area contributed by atoms with Crippen LogP contribution in [0.25, 0.3) is 0 Å². The van der Waals surface area contributed by atoms with Crippen molar-refractivity contribution in [3.05, 3.63) is 72.8 Å². The van der Waals surface area contributed by atoms with Crippen LogP contribution in [0.2, 0.25) is 23.2 Å². The van der Waals surface area contributed by atoms with E-state index in [0.29, 0.717) is 6.61 Å². The maximum atomic E-state index is 7.56. The predicted molar refractivity (Wildman–Crippen MR) is 204 cm³/mol. The third-order valence-electron chi connectivity index (χ3n) is 9.89. The zero-order valence-electron chi connectivity index (χ0n) is 30.7. The topological polar surface area (TPSA) is 44.5 Å². The molecule has 45 heavy (non-hydrogen) atoms. The molecule has 0 saturated carbocycles. The minimum Gasteiger partial charge on any atom is -0.415 e. The fourth-order valence-corrected chi connectivity index (χ4v) is 11.7. The van der Waals surface area contributed by atoms with Gasteiger partial charge in [0, 0.05) is 0 Å². The van der Waals surface area contributed by atoms with E-state index in [2.05, 4.69) is 134 Å². The quantitative estimate of drug-likeness (QED) is 0.0830. The molecule has 0 radical (unpaired) electrons. The third-order valence-corrected chi connectivity index (χ3v) is 19.4.